The molecule has 4 nitrogen and oxygen atoms in total. The van der Waals surface area contributed by atoms with Crippen LogP contribution in [0.2, 0.25) is 0 Å². The van der Waals surface area contributed by atoms with E-state index in [1.807, 2.05) is 26.0 Å². The average molecular weight is 274 g/mol. The molecule has 1 aromatic heterocycles. The Labute approximate surface area is 117 Å². The lowest BCUT2D eigenvalue weighted by atomic mass is 10.0. The van der Waals surface area contributed by atoms with E-state index in [2.05, 4.69) is 0 Å². The van der Waals surface area contributed by atoms with Crippen molar-refractivity contribution in [2.24, 2.45) is 0 Å². The van der Waals surface area contributed by atoms with Crippen LogP contribution in [0.15, 0.2) is 21.3 Å². The molecule has 0 saturated carbocycles. The first-order valence-corrected chi connectivity index (χ1v) is 6.53. The summed E-state index contributed by atoms with van der Waals surface area (Å²) in [5.41, 5.74) is 2.44. The molecule has 0 aliphatic carbocycles. The van der Waals surface area contributed by atoms with Crippen LogP contribution in [0.1, 0.15) is 30.5 Å². The summed E-state index contributed by atoms with van der Waals surface area (Å²) < 4.78 is 11.0. The monoisotopic (exact) mass is 274 g/mol. The van der Waals surface area contributed by atoms with Crippen LogP contribution >= 0.6 is 0 Å². The van der Waals surface area contributed by atoms with Gasteiger partial charge >= 0.3 is 5.63 Å². The van der Waals surface area contributed by atoms with Crippen molar-refractivity contribution in [3.63, 3.8) is 0 Å². The quantitative estimate of drug-likeness (QED) is 0.807. The molecule has 0 saturated heterocycles. The summed E-state index contributed by atoms with van der Waals surface area (Å²) in [7, 11) is 0. The van der Waals surface area contributed by atoms with E-state index in [0.29, 0.717) is 16.9 Å². The van der Waals surface area contributed by atoms with E-state index in [4.69, 9.17) is 9.15 Å². The zero-order valence-electron chi connectivity index (χ0n) is 12.4. The summed E-state index contributed by atoms with van der Waals surface area (Å²) in [6.07, 6.45) is -0.524. The lowest BCUT2D eigenvalue weighted by molar-refractivity contribution is -0.122. The van der Waals surface area contributed by atoms with Crippen molar-refractivity contribution in [3.8, 4) is 5.75 Å². The fourth-order valence-electron chi connectivity index (χ4n) is 2.03. The lowest BCUT2D eigenvalue weighted by Crippen LogP contribution is -2.21. The highest BCUT2D eigenvalue weighted by molar-refractivity contribution is 5.86. The molecule has 1 aromatic carbocycles. The van der Waals surface area contributed by atoms with Crippen LogP contribution in [0.5, 0.6) is 5.75 Å². The fourth-order valence-corrected chi connectivity index (χ4v) is 2.03. The maximum atomic E-state index is 11.8. The molecule has 2 rings (SSSR count). The highest BCUT2D eigenvalue weighted by atomic mass is 16.5. The smallest absolute Gasteiger partial charge is 0.339 e. The number of carbonyl (C=O) groups is 1. The summed E-state index contributed by atoms with van der Waals surface area (Å²) in [5, 5.41) is 0.891. The molecule has 106 valence electrons. The summed E-state index contributed by atoms with van der Waals surface area (Å²) in [6, 6.07) is 3.67. The SMILES string of the molecule is CC(=O)C(C)Oc1ccc2c(C)c(C)c(=O)oc2c1C. The molecule has 0 bridgehead atoms. The molecule has 0 N–H and O–H groups in total. The Hall–Kier alpha value is -2.10. The summed E-state index contributed by atoms with van der Waals surface area (Å²) >= 11 is 0. The zero-order chi connectivity index (χ0) is 15.0. The first kappa shape index (κ1) is 14.3. The van der Waals surface area contributed by atoms with Crippen LogP contribution in [0.3, 0.4) is 0 Å². The Morgan fingerprint density at radius 2 is 1.80 bits per heavy atom. The largest absolute Gasteiger partial charge is 0.483 e. The molecule has 1 heterocycles. The van der Waals surface area contributed by atoms with Crippen molar-refractivity contribution in [2.45, 2.75) is 40.7 Å². The zero-order valence-corrected chi connectivity index (χ0v) is 12.4. The van der Waals surface area contributed by atoms with Crippen molar-refractivity contribution in [1.29, 1.82) is 0 Å². The number of ether oxygens (including phenoxy) is 1. The lowest BCUT2D eigenvalue weighted by Gasteiger charge is -2.15. The molecule has 0 aliphatic rings. The summed E-state index contributed by atoms with van der Waals surface area (Å²) in [6.45, 7) is 8.64. The van der Waals surface area contributed by atoms with Crippen LogP contribution in [-0.2, 0) is 4.79 Å². The Kier molecular flexibility index (Phi) is 3.66. The maximum absolute atomic E-state index is 11.8. The third-order valence-electron chi connectivity index (χ3n) is 3.70. The van der Waals surface area contributed by atoms with Crippen LogP contribution < -0.4 is 10.4 Å². The van der Waals surface area contributed by atoms with Crippen molar-refractivity contribution >= 4 is 16.8 Å². The van der Waals surface area contributed by atoms with Gasteiger partial charge in [-0.3, -0.25) is 4.79 Å². The van der Waals surface area contributed by atoms with Crippen molar-refractivity contribution in [3.05, 3.63) is 39.2 Å². The van der Waals surface area contributed by atoms with Crippen LogP contribution in [0.25, 0.3) is 11.0 Å². The standard InChI is InChI=1S/C16H18O4/c1-8-9(2)16(18)20-15-10(3)14(7-6-13(8)15)19-12(5)11(4)17/h6-7,12H,1-5H3. The Morgan fingerprint density at radius 1 is 1.15 bits per heavy atom. The second kappa shape index (κ2) is 5.12. The van der Waals surface area contributed by atoms with Gasteiger partial charge in [-0.05, 0) is 52.3 Å². The number of hydrogen-bond donors (Lipinski definition) is 0. The van der Waals surface area contributed by atoms with Gasteiger partial charge in [-0.2, -0.15) is 0 Å². The van der Waals surface area contributed by atoms with Crippen molar-refractivity contribution in [2.75, 3.05) is 0 Å². The predicted octanol–water partition coefficient (Wildman–Crippen LogP) is 3.07. The van der Waals surface area contributed by atoms with Gasteiger partial charge in [0.15, 0.2) is 11.9 Å². The topological polar surface area (TPSA) is 56.5 Å². The second-order valence-corrected chi connectivity index (χ2v) is 5.08. The third kappa shape index (κ3) is 2.33. The Bertz CT molecular complexity index is 740. The number of hydrogen-bond acceptors (Lipinski definition) is 4. The van der Waals surface area contributed by atoms with Crippen LogP contribution in [0.4, 0.5) is 0 Å². The van der Waals surface area contributed by atoms with E-state index in [1.165, 1.54) is 6.92 Å². The second-order valence-electron chi connectivity index (χ2n) is 5.08. The van der Waals surface area contributed by atoms with E-state index in [0.717, 1.165) is 16.5 Å². The number of Topliss-reactive ketones (excluding diaryl/α,β-unsaturated/α-hetero) is 1. The predicted molar refractivity (Wildman–Crippen MR) is 77.5 cm³/mol. The van der Waals surface area contributed by atoms with Crippen molar-refractivity contribution in [1.82, 2.24) is 0 Å². The van der Waals surface area contributed by atoms with Gasteiger partial charge in [0.1, 0.15) is 11.3 Å². The normalized spacial score (nSPS) is 12.4. The number of ketones is 1. The van der Waals surface area contributed by atoms with Gasteiger partial charge in [0.05, 0.1) is 0 Å². The minimum atomic E-state index is -0.524. The molecule has 0 aliphatic heterocycles. The van der Waals surface area contributed by atoms with Gasteiger partial charge < -0.3 is 9.15 Å². The van der Waals surface area contributed by atoms with Gasteiger partial charge in [0.2, 0.25) is 0 Å². The average Bonchev–Trinajstić information content (AvgIpc) is 2.40. The molecule has 1 atom stereocenters. The highest BCUT2D eigenvalue weighted by Gasteiger charge is 2.15. The van der Waals surface area contributed by atoms with E-state index >= 15 is 0 Å². The number of benzene rings is 1. The van der Waals surface area contributed by atoms with Gasteiger partial charge in [-0.15, -0.1) is 0 Å². The molecular weight excluding hydrogens is 256 g/mol. The molecule has 0 spiro atoms. The maximum Gasteiger partial charge on any atom is 0.339 e. The Morgan fingerprint density at radius 3 is 2.40 bits per heavy atom. The molecule has 4 heteroatoms. The van der Waals surface area contributed by atoms with Crippen LogP contribution in [0, 0.1) is 20.8 Å². The first-order chi connectivity index (χ1) is 9.32. The minimum Gasteiger partial charge on any atom is -0.483 e. The molecule has 2 aromatic rings. The first-order valence-electron chi connectivity index (χ1n) is 6.53. The van der Waals surface area contributed by atoms with Gasteiger partial charge in [0, 0.05) is 16.5 Å². The van der Waals surface area contributed by atoms with E-state index in [1.54, 1.807) is 13.8 Å². The van der Waals surface area contributed by atoms with E-state index in [-0.39, 0.29) is 11.4 Å². The van der Waals surface area contributed by atoms with Gasteiger partial charge in [-0.1, -0.05) is 0 Å². The van der Waals surface area contributed by atoms with Crippen molar-refractivity contribution < 1.29 is 13.9 Å². The van der Waals surface area contributed by atoms with Crippen LogP contribution in [-0.4, -0.2) is 11.9 Å². The molecule has 0 radical (unpaired) electrons. The fraction of sp³-hybridized carbons (Fsp3) is 0.375. The molecule has 0 amide bonds. The van der Waals surface area contributed by atoms with Gasteiger partial charge in [0.25, 0.3) is 0 Å². The minimum absolute atomic E-state index is 0.0500. The summed E-state index contributed by atoms with van der Waals surface area (Å²) in [4.78, 5) is 23.1. The molecule has 0 fully saturated rings. The molecular formula is C16H18O4. The number of carbonyl (C=O) groups excluding carboxylic acids is 1. The number of fused-ring (bicyclic) bond motifs is 1. The third-order valence-corrected chi connectivity index (χ3v) is 3.70. The van der Waals surface area contributed by atoms with Gasteiger partial charge in [-0.25, -0.2) is 4.79 Å². The number of aryl methyl sites for hydroxylation is 2. The van der Waals surface area contributed by atoms with E-state index < -0.39 is 6.10 Å². The molecule has 20 heavy (non-hydrogen) atoms. The highest BCUT2D eigenvalue weighted by Crippen LogP contribution is 2.29. The summed E-state index contributed by atoms with van der Waals surface area (Å²) in [5.74, 6) is 0.512. The van der Waals surface area contributed by atoms with E-state index in [9.17, 15) is 9.59 Å². The number of rotatable bonds is 3. The molecule has 1 unspecified atom stereocenters. The Balaban J connectivity index is 2.63.